The highest BCUT2D eigenvalue weighted by Gasteiger charge is 2.56. The Bertz CT molecular complexity index is 1410. The van der Waals surface area contributed by atoms with E-state index in [0.29, 0.717) is 5.39 Å². The van der Waals surface area contributed by atoms with Crippen LogP contribution in [0.1, 0.15) is 19.4 Å². The van der Waals surface area contributed by atoms with Gasteiger partial charge in [-0.1, -0.05) is 17.7 Å². The molecule has 1 aromatic carbocycles. The Morgan fingerprint density at radius 1 is 1.12 bits per heavy atom. The summed E-state index contributed by atoms with van der Waals surface area (Å²) in [5, 5.41) is 3.23. The molecular formula is C23H24N4O6S. The number of hydrogen-bond acceptors (Lipinski definition) is 7. The molecule has 10 nitrogen and oxygen atoms in total. The molecule has 11 heteroatoms. The molecule has 4 heterocycles. The van der Waals surface area contributed by atoms with Crippen molar-refractivity contribution in [3.05, 3.63) is 54.2 Å². The van der Waals surface area contributed by atoms with Crippen LogP contribution in [-0.4, -0.2) is 60.3 Å². The van der Waals surface area contributed by atoms with Crippen molar-refractivity contribution in [2.24, 2.45) is 0 Å². The fourth-order valence-corrected chi connectivity index (χ4v) is 5.56. The number of aryl methyl sites for hydroxylation is 1. The highest BCUT2D eigenvalue weighted by Crippen LogP contribution is 2.34. The van der Waals surface area contributed by atoms with E-state index in [1.54, 1.807) is 56.3 Å². The number of aromatic nitrogens is 2. The number of carbonyl (C=O) groups excluding carboxylic acids is 2. The van der Waals surface area contributed by atoms with Gasteiger partial charge in [0.2, 0.25) is 0 Å². The fraction of sp³-hybridized carbons (Fsp3) is 0.348. The summed E-state index contributed by atoms with van der Waals surface area (Å²) in [7, 11) is -2.38. The molecule has 2 aromatic heterocycles. The number of hydrogen-bond donors (Lipinski definition) is 1. The van der Waals surface area contributed by atoms with Gasteiger partial charge >= 0.3 is 0 Å². The number of benzene rings is 1. The number of amides is 2. The van der Waals surface area contributed by atoms with Crippen LogP contribution in [0.25, 0.3) is 11.0 Å². The molecule has 0 spiro atoms. The van der Waals surface area contributed by atoms with Gasteiger partial charge in [-0.25, -0.2) is 17.4 Å². The highest BCUT2D eigenvalue weighted by molar-refractivity contribution is 7.90. The Morgan fingerprint density at radius 2 is 1.82 bits per heavy atom. The number of ether oxygens (including phenoxy) is 2. The van der Waals surface area contributed by atoms with Crippen LogP contribution in [0.5, 0.6) is 0 Å². The summed E-state index contributed by atoms with van der Waals surface area (Å²) < 4.78 is 39.0. The summed E-state index contributed by atoms with van der Waals surface area (Å²) in [6.07, 6.45) is -0.205. The Hall–Kier alpha value is -3.28. The molecule has 34 heavy (non-hydrogen) atoms. The van der Waals surface area contributed by atoms with E-state index in [-0.39, 0.29) is 16.4 Å². The quantitative estimate of drug-likeness (QED) is 0.597. The molecule has 2 aliphatic rings. The summed E-state index contributed by atoms with van der Waals surface area (Å²) in [5.41, 5.74) is 1.13. The fourth-order valence-electron chi connectivity index (χ4n) is 4.26. The molecule has 2 fully saturated rings. The van der Waals surface area contributed by atoms with Crippen LogP contribution >= 0.6 is 0 Å². The number of rotatable bonds is 4. The molecule has 3 aromatic rings. The van der Waals surface area contributed by atoms with Crippen LogP contribution in [0.2, 0.25) is 0 Å². The molecule has 0 aliphatic carbocycles. The first-order valence-electron chi connectivity index (χ1n) is 10.7. The van der Waals surface area contributed by atoms with Gasteiger partial charge in [-0.3, -0.25) is 14.5 Å². The molecule has 2 amide bonds. The SMILES string of the molecule is Cc1ccc(S(=O)(=O)n2ccc3ccc(N(C)C(=O)C4NC(=O)C5OC(C)(C)OC45)nc32)cc1. The topological polar surface area (TPSA) is 120 Å². The largest absolute Gasteiger partial charge is 0.341 e. The number of nitrogens with one attached hydrogen (secondary N) is 1. The minimum absolute atomic E-state index is 0.132. The molecular weight excluding hydrogens is 460 g/mol. The van der Waals surface area contributed by atoms with Crippen LogP contribution < -0.4 is 10.2 Å². The third-order valence-electron chi connectivity index (χ3n) is 6.02. The van der Waals surface area contributed by atoms with Gasteiger partial charge in [-0.2, -0.15) is 0 Å². The van der Waals surface area contributed by atoms with Gasteiger partial charge in [-0.05, 0) is 51.1 Å². The highest BCUT2D eigenvalue weighted by atomic mass is 32.2. The monoisotopic (exact) mass is 484 g/mol. The van der Waals surface area contributed by atoms with E-state index in [9.17, 15) is 18.0 Å². The Morgan fingerprint density at radius 3 is 2.53 bits per heavy atom. The molecule has 0 radical (unpaired) electrons. The van der Waals surface area contributed by atoms with Crippen molar-refractivity contribution in [1.82, 2.24) is 14.3 Å². The molecule has 2 saturated heterocycles. The molecule has 5 rings (SSSR count). The van der Waals surface area contributed by atoms with E-state index in [4.69, 9.17) is 9.47 Å². The lowest BCUT2D eigenvalue weighted by molar-refractivity contribution is -0.164. The Balaban J connectivity index is 1.47. The molecule has 3 unspecified atom stereocenters. The summed E-state index contributed by atoms with van der Waals surface area (Å²) in [6, 6.07) is 10.5. The van der Waals surface area contributed by atoms with Gasteiger partial charge in [0.15, 0.2) is 17.5 Å². The molecule has 2 aliphatic heterocycles. The summed E-state index contributed by atoms with van der Waals surface area (Å²) in [5.74, 6) is -1.61. The van der Waals surface area contributed by atoms with Crippen molar-refractivity contribution in [1.29, 1.82) is 0 Å². The zero-order valence-corrected chi connectivity index (χ0v) is 19.9. The van der Waals surface area contributed by atoms with Gasteiger partial charge in [0.05, 0.1) is 4.90 Å². The summed E-state index contributed by atoms with van der Waals surface area (Å²) >= 11 is 0. The van der Waals surface area contributed by atoms with E-state index in [2.05, 4.69) is 10.3 Å². The second kappa shape index (κ2) is 7.62. The smallest absolute Gasteiger partial charge is 0.269 e. The number of likely N-dealkylation sites (N-methyl/N-ethyl adjacent to an activating group) is 1. The lowest BCUT2D eigenvalue weighted by atomic mass is 10.1. The van der Waals surface area contributed by atoms with Gasteiger partial charge in [-0.15, -0.1) is 0 Å². The first-order chi connectivity index (χ1) is 16.0. The predicted molar refractivity (Wildman–Crippen MR) is 123 cm³/mol. The zero-order valence-electron chi connectivity index (χ0n) is 19.1. The van der Waals surface area contributed by atoms with E-state index in [0.717, 1.165) is 9.54 Å². The second-order valence-corrected chi connectivity index (χ2v) is 10.7. The third kappa shape index (κ3) is 3.56. The second-order valence-electron chi connectivity index (χ2n) is 8.92. The molecule has 178 valence electrons. The zero-order chi connectivity index (χ0) is 24.4. The van der Waals surface area contributed by atoms with Gasteiger partial charge in [0.25, 0.3) is 21.8 Å². The molecule has 0 bridgehead atoms. The lowest BCUT2D eigenvalue weighted by Gasteiger charge is -2.25. The van der Waals surface area contributed by atoms with E-state index in [1.807, 2.05) is 6.92 Å². The van der Waals surface area contributed by atoms with Gasteiger partial charge < -0.3 is 14.8 Å². The number of pyridine rings is 1. The first kappa shape index (κ1) is 22.5. The average molecular weight is 485 g/mol. The number of fused-ring (bicyclic) bond motifs is 2. The van der Waals surface area contributed by atoms with E-state index in [1.165, 1.54) is 18.1 Å². The van der Waals surface area contributed by atoms with Crippen LogP contribution in [-0.2, 0) is 29.1 Å². The third-order valence-corrected chi connectivity index (χ3v) is 7.70. The van der Waals surface area contributed by atoms with Gasteiger partial charge in [0, 0.05) is 18.6 Å². The van der Waals surface area contributed by atoms with Crippen LogP contribution in [0.4, 0.5) is 5.82 Å². The Kier molecular flexibility index (Phi) is 5.04. The normalized spacial score (nSPS) is 23.6. The standard InChI is InChI=1S/C23H24N4O6S/c1-13-5-8-15(9-6-13)34(30,31)27-12-11-14-7-10-16(24-20(14)27)26(4)22(29)17-18-19(21(28)25-17)33-23(2,3)32-18/h5-12,17-19H,1-4H3,(H,25,28). The van der Waals surface area contributed by atoms with E-state index < -0.39 is 45.9 Å². The van der Waals surface area contributed by atoms with Crippen LogP contribution in [0.3, 0.4) is 0 Å². The molecule has 1 N–H and O–H groups in total. The van der Waals surface area contributed by atoms with Crippen molar-refractivity contribution in [3.63, 3.8) is 0 Å². The van der Waals surface area contributed by atoms with Gasteiger partial charge in [0.1, 0.15) is 18.0 Å². The molecule has 3 atom stereocenters. The first-order valence-corrected chi connectivity index (χ1v) is 12.2. The minimum Gasteiger partial charge on any atom is -0.341 e. The predicted octanol–water partition coefficient (Wildman–Crippen LogP) is 1.56. The van der Waals surface area contributed by atoms with Crippen LogP contribution in [0.15, 0.2) is 53.6 Å². The maximum absolute atomic E-state index is 13.3. The lowest BCUT2D eigenvalue weighted by Crippen LogP contribution is -2.49. The van der Waals surface area contributed by atoms with Crippen molar-refractivity contribution in [2.45, 2.75) is 49.7 Å². The Labute approximate surface area is 196 Å². The number of nitrogens with zero attached hydrogens (tertiary/aromatic N) is 3. The number of carbonyl (C=O) groups is 2. The average Bonchev–Trinajstić information content (AvgIpc) is 3.44. The molecule has 0 saturated carbocycles. The van der Waals surface area contributed by atoms with Crippen molar-refractivity contribution < 1.29 is 27.5 Å². The maximum atomic E-state index is 13.3. The van der Waals surface area contributed by atoms with E-state index >= 15 is 0 Å². The number of anilines is 1. The van der Waals surface area contributed by atoms with Crippen molar-refractivity contribution >= 4 is 38.7 Å². The van der Waals surface area contributed by atoms with Crippen molar-refractivity contribution in [2.75, 3.05) is 11.9 Å². The van der Waals surface area contributed by atoms with Crippen molar-refractivity contribution in [3.8, 4) is 0 Å². The van der Waals surface area contributed by atoms with Crippen LogP contribution in [0, 0.1) is 6.92 Å². The summed E-state index contributed by atoms with van der Waals surface area (Å²) in [4.78, 5) is 31.4. The maximum Gasteiger partial charge on any atom is 0.269 e. The minimum atomic E-state index is -3.89. The summed E-state index contributed by atoms with van der Waals surface area (Å²) in [6.45, 7) is 5.24.